The second kappa shape index (κ2) is 16.0. The average molecular weight is 870 g/mol. The summed E-state index contributed by atoms with van der Waals surface area (Å²) in [4.78, 5) is 2.51. The fourth-order valence-corrected chi connectivity index (χ4v) is 12.2. The Kier molecular flexibility index (Phi) is 9.33. The Balaban J connectivity index is 1.11. The molecule has 1 heterocycles. The molecule has 0 N–H and O–H groups in total. The molecule has 0 saturated heterocycles. The molecule has 0 saturated carbocycles. The van der Waals surface area contributed by atoms with E-state index < -0.39 is 5.41 Å². The molecule has 67 heavy (non-hydrogen) atoms. The third kappa shape index (κ3) is 6.29. The number of hydrogen-bond donors (Lipinski definition) is 0. The third-order valence-corrected chi connectivity index (χ3v) is 15.2. The maximum absolute atomic E-state index is 2.51. The maximum Gasteiger partial charge on any atom is 0.0720 e. The molecule has 1 aliphatic rings. The minimum Gasteiger partial charge on any atom is -0.310 e. The van der Waals surface area contributed by atoms with Crippen LogP contribution in [0.5, 0.6) is 0 Å². The van der Waals surface area contributed by atoms with Gasteiger partial charge in [-0.3, -0.25) is 0 Å². The Bertz CT molecular complexity index is 3720. The van der Waals surface area contributed by atoms with Gasteiger partial charge in [-0.15, -0.1) is 11.3 Å². The zero-order valence-electron chi connectivity index (χ0n) is 36.7. The van der Waals surface area contributed by atoms with E-state index in [2.05, 4.69) is 266 Å². The molecule has 0 bridgehead atoms. The van der Waals surface area contributed by atoms with E-state index in [-0.39, 0.29) is 0 Å². The van der Waals surface area contributed by atoms with Crippen molar-refractivity contribution in [2.75, 3.05) is 4.90 Å². The van der Waals surface area contributed by atoms with Gasteiger partial charge in [0.25, 0.3) is 0 Å². The van der Waals surface area contributed by atoms with Crippen molar-refractivity contribution in [1.82, 2.24) is 0 Å². The fraction of sp³-hybridized carbons (Fsp3) is 0.0154. The molecule has 13 rings (SSSR count). The Hall–Kier alpha value is -8.30. The first-order valence-electron chi connectivity index (χ1n) is 23.1. The van der Waals surface area contributed by atoms with Gasteiger partial charge in [-0.25, -0.2) is 0 Å². The molecule has 12 aromatic rings. The van der Waals surface area contributed by atoms with Gasteiger partial charge in [-0.05, 0) is 114 Å². The lowest BCUT2D eigenvalue weighted by Gasteiger charge is -2.35. The van der Waals surface area contributed by atoms with Gasteiger partial charge >= 0.3 is 0 Å². The molecule has 1 nitrogen and oxygen atoms in total. The smallest absolute Gasteiger partial charge is 0.0720 e. The van der Waals surface area contributed by atoms with E-state index in [4.69, 9.17) is 0 Å². The maximum atomic E-state index is 2.51. The van der Waals surface area contributed by atoms with E-state index in [0.29, 0.717) is 0 Å². The van der Waals surface area contributed by atoms with Crippen molar-refractivity contribution >= 4 is 59.3 Å². The zero-order chi connectivity index (χ0) is 44.3. The van der Waals surface area contributed by atoms with Gasteiger partial charge in [0.1, 0.15) is 0 Å². The van der Waals surface area contributed by atoms with Crippen LogP contribution in [-0.4, -0.2) is 0 Å². The highest BCUT2D eigenvalue weighted by Gasteiger charge is 2.49. The molecule has 314 valence electrons. The van der Waals surface area contributed by atoms with E-state index in [0.717, 1.165) is 17.1 Å². The van der Waals surface area contributed by atoms with Crippen molar-refractivity contribution in [3.63, 3.8) is 0 Å². The lowest BCUT2D eigenvalue weighted by Crippen LogP contribution is -2.29. The predicted molar refractivity (Wildman–Crippen MR) is 285 cm³/mol. The minimum absolute atomic E-state index is 0.617. The number of nitrogens with zero attached hydrogens (tertiary/aromatic N) is 1. The standard InChI is InChI=1S/C65H43NS/c1-5-18-44(19-6-1)46-32-37-52(38-33-46)66(53-39-34-47(35-40-53)55-29-17-30-57-56-28-15-16-31-61(56)67-64(55)57)60-43-49-22-13-14-27-54(49)63-62(60)58-42-48(45-20-7-2-8-21-45)36-41-59(58)65(63,50-23-9-3-10-24-50)51-25-11-4-12-26-51/h1-43H. The molecule has 2 heteroatoms. The minimum atomic E-state index is -0.617. The molecule has 11 aromatic carbocycles. The van der Waals surface area contributed by atoms with Gasteiger partial charge in [-0.2, -0.15) is 0 Å². The number of fused-ring (bicyclic) bond motifs is 8. The van der Waals surface area contributed by atoms with Crippen molar-refractivity contribution in [3.8, 4) is 44.5 Å². The van der Waals surface area contributed by atoms with Crippen LogP contribution >= 0.6 is 11.3 Å². The van der Waals surface area contributed by atoms with Gasteiger partial charge in [-0.1, -0.05) is 218 Å². The largest absolute Gasteiger partial charge is 0.310 e. The molecule has 1 aromatic heterocycles. The summed E-state index contributed by atoms with van der Waals surface area (Å²) in [5.41, 5.74) is 17.5. The first kappa shape index (κ1) is 39.1. The van der Waals surface area contributed by atoms with Gasteiger partial charge in [0, 0.05) is 37.1 Å². The number of thiophene rings is 1. The predicted octanol–water partition coefficient (Wildman–Crippen LogP) is 18.0. The number of hydrogen-bond acceptors (Lipinski definition) is 2. The van der Waals surface area contributed by atoms with Crippen molar-refractivity contribution in [2.45, 2.75) is 5.41 Å². The van der Waals surface area contributed by atoms with Crippen LogP contribution in [0.3, 0.4) is 0 Å². The molecular weight excluding hydrogens is 827 g/mol. The van der Waals surface area contributed by atoms with E-state index in [9.17, 15) is 0 Å². The molecule has 0 radical (unpaired) electrons. The molecule has 0 spiro atoms. The number of benzene rings is 11. The zero-order valence-corrected chi connectivity index (χ0v) is 37.5. The normalized spacial score (nSPS) is 12.6. The number of rotatable bonds is 8. The highest BCUT2D eigenvalue weighted by molar-refractivity contribution is 7.26. The lowest BCUT2D eigenvalue weighted by molar-refractivity contribution is 0.775. The van der Waals surface area contributed by atoms with Crippen molar-refractivity contribution in [1.29, 1.82) is 0 Å². The summed E-state index contributed by atoms with van der Waals surface area (Å²) in [5, 5.41) is 5.07. The monoisotopic (exact) mass is 869 g/mol. The lowest BCUT2D eigenvalue weighted by atomic mass is 9.66. The van der Waals surface area contributed by atoms with Crippen LogP contribution in [0.1, 0.15) is 22.3 Å². The highest BCUT2D eigenvalue weighted by Crippen LogP contribution is 2.62. The van der Waals surface area contributed by atoms with E-state index in [1.54, 1.807) is 0 Å². The molecular formula is C65H43NS. The third-order valence-electron chi connectivity index (χ3n) is 13.9. The molecule has 1 aliphatic carbocycles. The van der Waals surface area contributed by atoms with Crippen LogP contribution in [0.4, 0.5) is 17.1 Å². The second-order valence-corrected chi connectivity index (χ2v) is 18.6. The van der Waals surface area contributed by atoms with Crippen LogP contribution in [-0.2, 0) is 5.41 Å². The average Bonchev–Trinajstić information content (AvgIpc) is 3.95. The van der Waals surface area contributed by atoms with E-state index in [1.807, 2.05) is 11.3 Å². The van der Waals surface area contributed by atoms with Crippen LogP contribution in [0.25, 0.3) is 75.5 Å². The van der Waals surface area contributed by atoms with Crippen LogP contribution in [0.2, 0.25) is 0 Å². The molecule has 0 unspecified atom stereocenters. The van der Waals surface area contributed by atoms with Crippen molar-refractivity contribution < 1.29 is 0 Å². The summed E-state index contributed by atoms with van der Waals surface area (Å²) in [6, 6.07) is 96.5. The quantitative estimate of drug-likeness (QED) is 0.147. The summed E-state index contributed by atoms with van der Waals surface area (Å²) >= 11 is 1.88. The first-order valence-corrected chi connectivity index (χ1v) is 23.9. The van der Waals surface area contributed by atoms with Crippen LogP contribution in [0.15, 0.2) is 261 Å². The molecule has 0 fully saturated rings. The Morgan fingerprint density at radius 1 is 0.343 bits per heavy atom. The summed E-state index contributed by atoms with van der Waals surface area (Å²) < 4.78 is 2.63. The van der Waals surface area contributed by atoms with Gasteiger partial charge in [0.2, 0.25) is 0 Å². The van der Waals surface area contributed by atoms with Gasteiger partial charge < -0.3 is 4.90 Å². The van der Waals surface area contributed by atoms with E-state index >= 15 is 0 Å². The fourth-order valence-electron chi connectivity index (χ4n) is 11.0. The second-order valence-electron chi connectivity index (χ2n) is 17.6. The van der Waals surface area contributed by atoms with Gasteiger partial charge in [0.15, 0.2) is 0 Å². The van der Waals surface area contributed by atoms with Crippen molar-refractivity contribution in [3.05, 3.63) is 283 Å². The molecule has 0 amide bonds. The first-order chi connectivity index (χ1) is 33.2. The van der Waals surface area contributed by atoms with Gasteiger partial charge in [0.05, 0.1) is 11.1 Å². The summed E-state index contributed by atoms with van der Waals surface area (Å²) in [6.07, 6.45) is 0. The summed E-state index contributed by atoms with van der Waals surface area (Å²) in [7, 11) is 0. The Morgan fingerprint density at radius 2 is 0.851 bits per heavy atom. The topological polar surface area (TPSA) is 3.24 Å². The highest BCUT2D eigenvalue weighted by atomic mass is 32.1. The van der Waals surface area contributed by atoms with E-state index in [1.165, 1.54) is 97.7 Å². The van der Waals surface area contributed by atoms with Crippen LogP contribution < -0.4 is 4.90 Å². The molecule has 0 aliphatic heterocycles. The molecule has 0 atom stereocenters. The number of anilines is 3. The summed E-state index contributed by atoms with van der Waals surface area (Å²) in [5.74, 6) is 0. The van der Waals surface area contributed by atoms with Crippen molar-refractivity contribution in [2.24, 2.45) is 0 Å². The van der Waals surface area contributed by atoms with Crippen LogP contribution in [0, 0.1) is 0 Å². The SMILES string of the molecule is c1ccc(-c2ccc(N(c3ccc(-c4cccc5c4sc4ccccc45)cc3)c3cc4ccccc4c4c3-c3cc(-c5ccccc5)ccc3C4(c3ccccc3)c3ccccc3)cc2)cc1. The summed E-state index contributed by atoms with van der Waals surface area (Å²) in [6.45, 7) is 0. The Morgan fingerprint density at radius 3 is 1.51 bits per heavy atom. The Labute approximate surface area is 395 Å².